The van der Waals surface area contributed by atoms with Crippen molar-refractivity contribution in [1.29, 1.82) is 0 Å². The van der Waals surface area contributed by atoms with Crippen molar-refractivity contribution in [2.24, 2.45) is 16.8 Å². The first kappa shape index (κ1) is 17.9. The van der Waals surface area contributed by atoms with E-state index in [0.29, 0.717) is 41.7 Å². The summed E-state index contributed by atoms with van der Waals surface area (Å²) in [6.07, 6.45) is 1.65. The van der Waals surface area contributed by atoms with Gasteiger partial charge in [-0.25, -0.2) is 0 Å². The molecule has 2 N–H and O–H groups in total. The third kappa shape index (κ3) is 3.40. The van der Waals surface area contributed by atoms with Gasteiger partial charge in [0.25, 0.3) is 5.56 Å². The van der Waals surface area contributed by atoms with Crippen LogP contribution in [0.2, 0.25) is 0 Å². The molecule has 3 aromatic rings. The monoisotopic (exact) mass is 356 g/mol. The number of hydrogen-bond acceptors (Lipinski definition) is 5. The zero-order chi connectivity index (χ0) is 18.7. The maximum atomic E-state index is 12.6. The first-order valence-corrected chi connectivity index (χ1v) is 8.82. The van der Waals surface area contributed by atoms with E-state index in [2.05, 4.69) is 29.2 Å². The molecule has 8 nitrogen and oxygen atoms in total. The zero-order valence-corrected chi connectivity index (χ0v) is 15.3. The van der Waals surface area contributed by atoms with Gasteiger partial charge in [-0.1, -0.05) is 31.1 Å². The van der Waals surface area contributed by atoms with Crippen LogP contribution in [0.3, 0.4) is 0 Å². The number of amidine groups is 1. The summed E-state index contributed by atoms with van der Waals surface area (Å²) in [6.45, 7) is 6.80. The molecule has 0 unspecified atom stereocenters. The van der Waals surface area contributed by atoms with E-state index in [0.717, 1.165) is 11.9 Å². The minimum atomic E-state index is -0.0774. The van der Waals surface area contributed by atoms with Crippen LogP contribution in [0.5, 0.6) is 0 Å². The average Bonchev–Trinajstić information content (AvgIpc) is 3.04. The first-order chi connectivity index (χ1) is 12.5. The number of hydrogen-bond donors (Lipinski definition) is 1. The molecule has 2 aromatic heterocycles. The van der Waals surface area contributed by atoms with Gasteiger partial charge in [0, 0.05) is 13.0 Å². The molecule has 1 aromatic carbocycles. The van der Waals surface area contributed by atoms with E-state index in [1.807, 2.05) is 29.5 Å². The summed E-state index contributed by atoms with van der Waals surface area (Å²) in [5.74, 6) is 2.08. The maximum absolute atomic E-state index is 12.6. The average molecular weight is 356 g/mol. The molecule has 3 rings (SSSR count). The number of fused-ring (bicyclic) bond motifs is 3. The molecule has 0 aliphatic rings. The van der Waals surface area contributed by atoms with Crippen molar-refractivity contribution in [1.82, 2.24) is 19.2 Å². The summed E-state index contributed by atoms with van der Waals surface area (Å²) in [5.41, 5.74) is 6.54. The van der Waals surface area contributed by atoms with Crippen LogP contribution >= 0.6 is 0 Å². The number of nitrogens with zero attached hydrogens (tertiary/aromatic N) is 5. The fourth-order valence-corrected chi connectivity index (χ4v) is 2.85. The van der Waals surface area contributed by atoms with Crippen molar-refractivity contribution in [3.63, 3.8) is 0 Å². The Hall–Kier alpha value is -2.90. The normalized spacial score (nSPS) is 12.4. The van der Waals surface area contributed by atoms with E-state index in [1.54, 1.807) is 10.6 Å². The molecule has 0 aliphatic heterocycles. The Bertz CT molecular complexity index is 1000. The lowest BCUT2D eigenvalue weighted by Crippen LogP contribution is -2.22. The van der Waals surface area contributed by atoms with Crippen LogP contribution in [0.1, 0.15) is 39.4 Å². The first-order valence-electron chi connectivity index (χ1n) is 8.82. The van der Waals surface area contributed by atoms with Crippen LogP contribution in [0.4, 0.5) is 0 Å². The molecule has 26 heavy (non-hydrogen) atoms. The van der Waals surface area contributed by atoms with Gasteiger partial charge in [-0.05, 0) is 31.4 Å². The molecule has 0 fully saturated rings. The minimum Gasteiger partial charge on any atom is -0.386 e. The number of aromatic nitrogens is 4. The Morgan fingerprint density at radius 2 is 2.08 bits per heavy atom. The van der Waals surface area contributed by atoms with Gasteiger partial charge in [0.05, 0.1) is 10.9 Å². The molecule has 0 amide bonds. The Morgan fingerprint density at radius 1 is 1.31 bits per heavy atom. The second-order valence-electron chi connectivity index (χ2n) is 6.61. The lowest BCUT2D eigenvalue weighted by atomic mass is 10.1. The number of nitrogens with two attached hydrogens (primary N) is 1. The van der Waals surface area contributed by atoms with E-state index in [4.69, 9.17) is 10.6 Å². The quantitative estimate of drug-likeness (QED) is 0.398. The highest BCUT2D eigenvalue weighted by Crippen LogP contribution is 2.15. The SMILES string of the molecule is CCn1c(=O)c2ccccc2n2c(CO/N=C(\N)CCC(C)C)nnc12. The van der Waals surface area contributed by atoms with E-state index in [-0.39, 0.29) is 12.2 Å². The van der Waals surface area contributed by atoms with E-state index >= 15 is 0 Å². The summed E-state index contributed by atoms with van der Waals surface area (Å²) in [7, 11) is 0. The summed E-state index contributed by atoms with van der Waals surface area (Å²) in [4.78, 5) is 18.0. The number of para-hydroxylation sites is 1. The summed E-state index contributed by atoms with van der Waals surface area (Å²) in [5, 5.41) is 12.9. The molecule has 2 heterocycles. The Balaban J connectivity index is 1.94. The smallest absolute Gasteiger partial charge is 0.262 e. The second-order valence-corrected chi connectivity index (χ2v) is 6.61. The third-order valence-electron chi connectivity index (χ3n) is 4.24. The Labute approximate surface area is 151 Å². The van der Waals surface area contributed by atoms with Crippen LogP contribution in [-0.2, 0) is 18.0 Å². The highest BCUT2D eigenvalue weighted by molar-refractivity contribution is 5.80. The molecule has 0 saturated heterocycles. The van der Waals surface area contributed by atoms with Gasteiger partial charge >= 0.3 is 0 Å². The van der Waals surface area contributed by atoms with Gasteiger partial charge in [-0.2, -0.15) is 0 Å². The minimum absolute atomic E-state index is 0.0774. The van der Waals surface area contributed by atoms with Crippen LogP contribution in [-0.4, -0.2) is 25.0 Å². The molecule has 138 valence electrons. The lowest BCUT2D eigenvalue weighted by Gasteiger charge is -2.09. The fraction of sp³-hybridized carbons (Fsp3) is 0.444. The number of rotatable bonds is 7. The summed E-state index contributed by atoms with van der Waals surface area (Å²) in [6, 6.07) is 7.40. The molecule has 8 heteroatoms. The van der Waals surface area contributed by atoms with Crippen molar-refractivity contribution < 1.29 is 4.84 Å². The summed E-state index contributed by atoms with van der Waals surface area (Å²) < 4.78 is 3.43. The summed E-state index contributed by atoms with van der Waals surface area (Å²) >= 11 is 0. The van der Waals surface area contributed by atoms with Crippen molar-refractivity contribution in [2.75, 3.05) is 0 Å². The molecule has 0 atom stereocenters. The van der Waals surface area contributed by atoms with E-state index in [1.165, 1.54) is 0 Å². The number of benzene rings is 1. The molecule has 0 aliphatic carbocycles. The lowest BCUT2D eigenvalue weighted by molar-refractivity contribution is 0.123. The van der Waals surface area contributed by atoms with E-state index < -0.39 is 0 Å². The number of aryl methyl sites for hydroxylation is 1. The molecule has 0 saturated carbocycles. The van der Waals surface area contributed by atoms with Gasteiger partial charge in [0.1, 0.15) is 5.84 Å². The van der Waals surface area contributed by atoms with Crippen molar-refractivity contribution in [2.45, 2.75) is 46.8 Å². The Kier molecular flexibility index (Phi) is 5.20. The zero-order valence-electron chi connectivity index (χ0n) is 15.3. The van der Waals surface area contributed by atoms with Crippen LogP contribution in [0.25, 0.3) is 16.7 Å². The van der Waals surface area contributed by atoms with Crippen LogP contribution in [0.15, 0.2) is 34.2 Å². The standard InChI is InChI=1S/C18H24N6O2/c1-4-23-17(25)13-7-5-6-8-14(13)24-16(20-21-18(23)24)11-26-22-15(19)10-9-12(2)3/h5-8,12H,4,9-11H2,1-3H3,(H2,19,22). The van der Waals surface area contributed by atoms with Crippen LogP contribution in [0, 0.1) is 5.92 Å². The number of oxime groups is 1. The van der Waals surface area contributed by atoms with Crippen molar-refractivity contribution >= 4 is 22.5 Å². The topological polar surface area (TPSA) is 99.8 Å². The van der Waals surface area contributed by atoms with Gasteiger partial charge in [0.2, 0.25) is 5.78 Å². The molecular weight excluding hydrogens is 332 g/mol. The maximum Gasteiger partial charge on any atom is 0.262 e. The van der Waals surface area contributed by atoms with Crippen molar-refractivity contribution in [3.8, 4) is 0 Å². The molecule has 0 radical (unpaired) electrons. The van der Waals surface area contributed by atoms with E-state index in [9.17, 15) is 4.79 Å². The molecule has 0 spiro atoms. The fourth-order valence-electron chi connectivity index (χ4n) is 2.85. The molecule has 0 bridgehead atoms. The van der Waals surface area contributed by atoms with Gasteiger partial charge < -0.3 is 10.6 Å². The highest BCUT2D eigenvalue weighted by Gasteiger charge is 2.15. The highest BCUT2D eigenvalue weighted by atomic mass is 16.6. The molecular formula is C18H24N6O2. The van der Waals surface area contributed by atoms with Gasteiger partial charge in [-0.3, -0.25) is 13.8 Å². The van der Waals surface area contributed by atoms with Crippen molar-refractivity contribution in [3.05, 3.63) is 40.4 Å². The largest absolute Gasteiger partial charge is 0.386 e. The van der Waals surface area contributed by atoms with Crippen LogP contribution < -0.4 is 11.3 Å². The second kappa shape index (κ2) is 7.55. The Morgan fingerprint density at radius 3 is 2.81 bits per heavy atom. The van der Waals surface area contributed by atoms with Gasteiger partial charge in [-0.15, -0.1) is 10.2 Å². The predicted octanol–water partition coefficient (Wildman–Crippen LogP) is 2.29. The predicted molar refractivity (Wildman–Crippen MR) is 101 cm³/mol. The van der Waals surface area contributed by atoms with Gasteiger partial charge in [0.15, 0.2) is 12.4 Å². The third-order valence-corrected chi connectivity index (χ3v) is 4.24.